The third-order valence-corrected chi connectivity index (χ3v) is 14.4. The molecule has 0 spiro atoms. The van der Waals surface area contributed by atoms with Gasteiger partial charge in [0.2, 0.25) is 0 Å². The minimum Gasteiger partial charge on any atom is -0.311 e. The number of fused-ring (bicyclic) bond motifs is 6. The van der Waals surface area contributed by atoms with Gasteiger partial charge < -0.3 is 9.80 Å². The largest absolute Gasteiger partial charge is 0.311 e. The molecule has 310 valence electrons. The first-order valence-electron chi connectivity index (χ1n) is 22.3. The number of nitrogens with zero attached hydrogens (tertiary/aromatic N) is 3. The van der Waals surface area contributed by atoms with Crippen molar-refractivity contribution in [1.29, 1.82) is 0 Å². The van der Waals surface area contributed by atoms with Crippen LogP contribution in [0.4, 0.5) is 34.1 Å². The van der Waals surface area contributed by atoms with Crippen molar-refractivity contribution in [1.82, 2.24) is 4.98 Å². The maximum Gasteiger partial charge on any atom is 0.252 e. The summed E-state index contributed by atoms with van der Waals surface area (Å²) in [7, 11) is 0. The van der Waals surface area contributed by atoms with Gasteiger partial charge in [-0.3, -0.25) is 4.98 Å². The predicted molar refractivity (Wildman–Crippen MR) is 268 cm³/mol. The summed E-state index contributed by atoms with van der Waals surface area (Å²) in [6.45, 7) is 28.0. The standard InChI is InChI=1S/C57H58BN3S/c1-54(2,3)38-19-23-42(24-20-38)60-46-26-21-39(55(4,5)6)30-43(46)58-44-31-41(57(10,11)12)33-51-53(44)61(47-27-22-40(56(7,8)9)32-50(47)62-51)49-29-37(28-48(60)52(49)58)36-18-25-45(59-34-36)35-16-14-13-15-17-35/h13-34H,1-12H3. The molecule has 3 nitrogen and oxygen atoms in total. The molecule has 3 aliphatic rings. The van der Waals surface area contributed by atoms with Crippen LogP contribution in [-0.4, -0.2) is 11.7 Å². The molecule has 0 amide bonds. The third-order valence-electron chi connectivity index (χ3n) is 13.3. The van der Waals surface area contributed by atoms with Crippen molar-refractivity contribution in [2.45, 2.75) is 115 Å². The van der Waals surface area contributed by atoms with Crippen molar-refractivity contribution in [3.8, 4) is 22.4 Å². The Balaban J connectivity index is 1.31. The number of pyridine rings is 1. The van der Waals surface area contributed by atoms with Gasteiger partial charge in [-0.05, 0) is 120 Å². The highest BCUT2D eigenvalue weighted by atomic mass is 32.2. The van der Waals surface area contributed by atoms with Crippen molar-refractivity contribution in [2.24, 2.45) is 0 Å². The molecule has 0 saturated carbocycles. The van der Waals surface area contributed by atoms with Crippen molar-refractivity contribution in [3.63, 3.8) is 0 Å². The van der Waals surface area contributed by atoms with E-state index in [0.29, 0.717) is 0 Å². The molecule has 4 heterocycles. The first-order valence-corrected chi connectivity index (χ1v) is 23.1. The van der Waals surface area contributed by atoms with E-state index in [4.69, 9.17) is 4.98 Å². The smallest absolute Gasteiger partial charge is 0.252 e. The van der Waals surface area contributed by atoms with Gasteiger partial charge in [-0.15, -0.1) is 0 Å². The zero-order valence-electron chi connectivity index (χ0n) is 38.5. The van der Waals surface area contributed by atoms with E-state index >= 15 is 0 Å². The van der Waals surface area contributed by atoms with E-state index in [1.165, 1.54) is 76.9 Å². The second-order valence-corrected chi connectivity index (χ2v) is 22.9. The topological polar surface area (TPSA) is 19.4 Å². The van der Waals surface area contributed by atoms with Crippen LogP contribution in [0.2, 0.25) is 0 Å². The Hall–Kier alpha value is -5.52. The molecule has 10 rings (SSSR count). The highest BCUT2D eigenvalue weighted by Crippen LogP contribution is 2.56. The molecule has 6 aromatic carbocycles. The Morgan fingerprint density at radius 2 is 1.00 bits per heavy atom. The highest BCUT2D eigenvalue weighted by Gasteiger charge is 2.47. The highest BCUT2D eigenvalue weighted by molar-refractivity contribution is 7.99. The van der Waals surface area contributed by atoms with Crippen molar-refractivity contribution in [2.75, 3.05) is 9.80 Å². The first-order chi connectivity index (χ1) is 29.3. The molecule has 0 radical (unpaired) electrons. The molecule has 0 aliphatic carbocycles. The Morgan fingerprint density at radius 1 is 0.435 bits per heavy atom. The molecule has 0 atom stereocenters. The van der Waals surface area contributed by atoms with Crippen LogP contribution in [0.1, 0.15) is 105 Å². The number of rotatable bonds is 3. The van der Waals surface area contributed by atoms with Crippen LogP contribution in [0.25, 0.3) is 22.4 Å². The van der Waals surface area contributed by atoms with E-state index in [1.54, 1.807) is 0 Å². The van der Waals surface area contributed by atoms with Gasteiger partial charge in [0.25, 0.3) is 6.71 Å². The maximum atomic E-state index is 5.07. The lowest BCUT2D eigenvalue weighted by Crippen LogP contribution is -2.62. The summed E-state index contributed by atoms with van der Waals surface area (Å²) in [5.41, 5.74) is 21.3. The zero-order chi connectivity index (χ0) is 43.7. The fourth-order valence-corrected chi connectivity index (χ4v) is 10.8. The van der Waals surface area contributed by atoms with Crippen molar-refractivity contribution >= 4 is 69.0 Å². The summed E-state index contributed by atoms with van der Waals surface area (Å²) >= 11 is 1.95. The van der Waals surface area contributed by atoms with E-state index < -0.39 is 0 Å². The SMILES string of the molecule is CC(C)(C)c1ccc(N2c3ccc(C(C)(C)C)cc3B3c4cc(C(C)(C)C)cc5c4N(c4ccc(C(C)(C)C)cc4S5)c4cc(-c5ccc(-c6ccccc6)nc5)cc2c43)cc1. The number of anilines is 6. The third kappa shape index (κ3) is 6.70. The van der Waals surface area contributed by atoms with Gasteiger partial charge >= 0.3 is 0 Å². The summed E-state index contributed by atoms with van der Waals surface area (Å²) in [6.07, 6.45) is 2.07. The molecule has 7 aromatic rings. The van der Waals surface area contributed by atoms with Crippen LogP contribution in [0, 0.1) is 0 Å². The Morgan fingerprint density at radius 3 is 1.61 bits per heavy atom. The second-order valence-electron chi connectivity index (χ2n) is 21.8. The monoisotopic (exact) mass is 827 g/mol. The molecule has 0 bridgehead atoms. The number of aromatic nitrogens is 1. The molecule has 1 aromatic heterocycles. The van der Waals surface area contributed by atoms with Gasteiger partial charge in [-0.1, -0.05) is 168 Å². The Kier molecular flexibility index (Phi) is 9.15. The zero-order valence-corrected chi connectivity index (χ0v) is 39.3. The van der Waals surface area contributed by atoms with Crippen molar-refractivity contribution < 1.29 is 0 Å². The Labute approximate surface area is 374 Å². The van der Waals surface area contributed by atoms with Crippen LogP contribution < -0.4 is 26.2 Å². The van der Waals surface area contributed by atoms with Crippen molar-refractivity contribution in [3.05, 3.63) is 156 Å². The van der Waals surface area contributed by atoms with Gasteiger partial charge in [-0.2, -0.15) is 0 Å². The molecule has 0 unspecified atom stereocenters. The number of hydrogen-bond acceptors (Lipinski definition) is 4. The fraction of sp³-hybridized carbons (Fsp3) is 0.281. The van der Waals surface area contributed by atoms with Crippen LogP contribution in [0.15, 0.2) is 143 Å². The molecule has 3 aliphatic heterocycles. The summed E-state index contributed by atoms with van der Waals surface area (Å²) < 4.78 is 0. The molecule has 5 heteroatoms. The van der Waals surface area contributed by atoms with Crippen LogP contribution in [-0.2, 0) is 21.7 Å². The Bertz CT molecular complexity index is 2900. The molecule has 0 saturated heterocycles. The van der Waals surface area contributed by atoms with Gasteiger partial charge in [0.05, 0.1) is 17.1 Å². The lowest BCUT2D eigenvalue weighted by molar-refractivity contribution is 0.588. The quantitative estimate of drug-likeness (QED) is 0.165. The van der Waals surface area contributed by atoms with Crippen LogP contribution in [0.5, 0.6) is 0 Å². The predicted octanol–water partition coefficient (Wildman–Crippen LogP) is 14.2. The van der Waals surface area contributed by atoms with E-state index in [2.05, 4.69) is 226 Å². The molecule has 62 heavy (non-hydrogen) atoms. The number of benzene rings is 6. The summed E-state index contributed by atoms with van der Waals surface area (Å²) in [5, 5.41) is 0. The minimum absolute atomic E-state index is 0.0208. The van der Waals surface area contributed by atoms with E-state index in [9.17, 15) is 0 Å². The first kappa shape index (κ1) is 40.6. The molecule has 0 fully saturated rings. The number of hydrogen-bond donors (Lipinski definition) is 0. The minimum atomic E-state index is -0.0398. The molecular formula is C57H58BN3S. The molecular weight excluding hydrogens is 770 g/mol. The summed E-state index contributed by atoms with van der Waals surface area (Å²) in [6, 6.07) is 48.7. The average Bonchev–Trinajstić information content (AvgIpc) is 3.23. The summed E-state index contributed by atoms with van der Waals surface area (Å²) in [4.78, 5) is 12.9. The lowest BCUT2D eigenvalue weighted by Gasteiger charge is -2.47. The van der Waals surface area contributed by atoms with Gasteiger partial charge in [0.15, 0.2) is 0 Å². The van der Waals surface area contributed by atoms with E-state index in [-0.39, 0.29) is 28.4 Å². The van der Waals surface area contributed by atoms with Crippen LogP contribution in [0.3, 0.4) is 0 Å². The van der Waals surface area contributed by atoms with Crippen LogP contribution >= 0.6 is 11.8 Å². The van der Waals surface area contributed by atoms with Gasteiger partial charge in [0.1, 0.15) is 0 Å². The second kappa shape index (κ2) is 14.0. The maximum absolute atomic E-state index is 5.07. The average molecular weight is 828 g/mol. The van der Waals surface area contributed by atoms with E-state index in [1.807, 2.05) is 11.8 Å². The normalized spacial score (nSPS) is 14.3. The van der Waals surface area contributed by atoms with E-state index in [0.717, 1.165) is 28.1 Å². The lowest BCUT2D eigenvalue weighted by atomic mass is 9.33. The van der Waals surface area contributed by atoms with Gasteiger partial charge in [0, 0.05) is 49.9 Å². The molecule has 0 N–H and O–H groups in total. The summed E-state index contributed by atoms with van der Waals surface area (Å²) in [5.74, 6) is 0. The van der Waals surface area contributed by atoms with Gasteiger partial charge in [-0.25, -0.2) is 0 Å². The fourth-order valence-electron chi connectivity index (χ4n) is 9.59.